The van der Waals surface area contributed by atoms with Crippen molar-refractivity contribution in [2.45, 2.75) is 44.6 Å². The maximum absolute atomic E-state index is 12.3. The number of nitrogens with one attached hydrogen (secondary N) is 1. The van der Waals surface area contributed by atoms with E-state index in [4.69, 9.17) is 4.84 Å². The lowest BCUT2D eigenvalue weighted by Crippen LogP contribution is -2.53. The SMILES string of the molecule is CCCC1(C(=O)N2CCCO2)CCCN1. The fraction of sp³-hybridized carbons (Fsp3) is 0.909. The van der Waals surface area contributed by atoms with Crippen LogP contribution in [0, 0.1) is 0 Å². The molecule has 86 valence electrons. The van der Waals surface area contributed by atoms with Crippen LogP contribution in [0.1, 0.15) is 39.0 Å². The number of rotatable bonds is 3. The van der Waals surface area contributed by atoms with Gasteiger partial charge in [-0.15, -0.1) is 0 Å². The van der Waals surface area contributed by atoms with E-state index in [9.17, 15) is 4.79 Å². The summed E-state index contributed by atoms with van der Waals surface area (Å²) >= 11 is 0. The van der Waals surface area contributed by atoms with Crippen molar-refractivity contribution in [3.63, 3.8) is 0 Å². The second-order valence-electron chi connectivity index (χ2n) is 4.46. The Morgan fingerprint density at radius 3 is 2.93 bits per heavy atom. The van der Waals surface area contributed by atoms with Gasteiger partial charge in [0.1, 0.15) is 5.54 Å². The molecule has 2 aliphatic heterocycles. The lowest BCUT2D eigenvalue weighted by molar-refractivity contribution is -0.176. The summed E-state index contributed by atoms with van der Waals surface area (Å²) in [6, 6.07) is 0. The monoisotopic (exact) mass is 212 g/mol. The molecule has 1 unspecified atom stereocenters. The van der Waals surface area contributed by atoms with Crippen molar-refractivity contribution in [1.82, 2.24) is 10.4 Å². The minimum Gasteiger partial charge on any atom is -0.303 e. The van der Waals surface area contributed by atoms with E-state index in [1.165, 1.54) is 0 Å². The van der Waals surface area contributed by atoms with Gasteiger partial charge < -0.3 is 5.32 Å². The molecule has 15 heavy (non-hydrogen) atoms. The van der Waals surface area contributed by atoms with Crippen molar-refractivity contribution in [1.29, 1.82) is 0 Å². The van der Waals surface area contributed by atoms with Gasteiger partial charge in [-0.1, -0.05) is 13.3 Å². The first-order chi connectivity index (χ1) is 7.28. The van der Waals surface area contributed by atoms with Crippen LogP contribution in [-0.2, 0) is 9.63 Å². The fourth-order valence-corrected chi connectivity index (χ4v) is 2.58. The Hall–Kier alpha value is -0.610. The van der Waals surface area contributed by atoms with E-state index in [0.29, 0.717) is 6.61 Å². The Morgan fingerprint density at radius 1 is 1.53 bits per heavy atom. The molecule has 4 heteroatoms. The molecule has 2 rings (SSSR count). The first-order valence-electron chi connectivity index (χ1n) is 5.98. The number of amides is 1. The molecule has 0 aromatic carbocycles. The van der Waals surface area contributed by atoms with Crippen molar-refractivity contribution >= 4 is 5.91 Å². The average molecular weight is 212 g/mol. The fourth-order valence-electron chi connectivity index (χ4n) is 2.58. The summed E-state index contributed by atoms with van der Waals surface area (Å²) in [4.78, 5) is 17.6. The van der Waals surface area contributed by atoms with Gasteiger partial charge in [0.15, 0.2) is 0 Å². The smallest absolute Gasteiger partial charge is 0.266 e. The van der Waals surface area contributed by atoms with Crippen LogP contribution in [0.3, 0.4) is 0 Å². The Bertz CT molecular complexity index is 231. The van der Waals surface area contributed by atoms with Gasteiger partial charge in [0.2, 0.25) is 0 Å². The van der Waals surface area contributed by atoms with Crippen LogP contribution in [0.5, 0.6) is 0 Å². The highest BCUT2D eigenvalue weighted by Gasteiger charge is 2.43. The first kappa shape index (κ1) is 10.9. The molecule has 0 spiro atoms. The number of hydroxylamine groups is 2. The van der Waals surface area contributed by atoms with Crippen molar-refractivity contribution in [3.8, 4) is 0 Å². The second kappa shape index (κ2) is 4.49. The molecule has 0 saturated carbocycles. The quantitative estimate of drug-likeness (QED) is 0.761. The summed E-state index contributed by atoms with van der Waals surface area (Å²) in [6.07, 6.45) is 4.98. The van der Waals surface area contributed by atoms with Crippen LogP contribution in [0.25, 0.3) is 0 Å². The molecule has 0 aliphatic carbocycles. The Morgan fingerprint density at radius 2 is 2.40 bits per heavy atom. The molecule has 0 aromatic heterocycles. The minimum absolute atomic E-state index is 0.152. The van der Waals surface area contributed by atoms with Crippen molar-refractivity contribution in [2.24, 2.45) is 0 Å². The Labute approximate surface area is 90.9 Å². The van der Waals surface area contributed by atoms with Gasteiger partial charge in [0.05, 0.1) is 13.2 Å². The van der Waals surface area contributed by atoms with E-state index < -0.39 is 0 Å². The van der Waals surface area contributed by atoms with Crippen molar-refractivity contribution < 1.29 is 9.63 Å². The third-order valence-electron chi connectivity index (χ3n) is 3.31. The summed E-state index contributed by atoms with van der Waals surface area (Å²) < 4.78 is 0. The highest BCUT2D eigenvalue weighted by molar-refractivity contribution is 5.86. The summed E-state index contributed by atoms with van der Waals surface area (Å²) in [5.41, 5.74) is -0.320. The summed E-state index contributed by atoms with van der Waals surface area (Å²) in [6.45, 7) is 4.53. The van der Waals surface area contributed by atoms with E-state index in [-0.39, 0.29) is 11.4 Å². The lowest BCUT2D eigenvalue weighted by Gasteiger charge is -2.31. The summed E-state index contributed by atoms with van der Waals surface area (Å²) in [5, 5.41) is 4.94. The maximum atomic E-state index is 12.3. The van der Waals surface area contributed by atoms with Crippen molar-refractivity contribution in [3.05, 3.63) is 0 Å². The van der Waals surface area contributed by atoms with Crippen LogP contribution in [-0.4, -0.2) is 36.2 Å². The van der Waals surface area contributed by atoms with E-state index >= 15 is 0 Å². The zero-order chi connectivity index (χ0) is 10.7. The molecule has 0 bridgehead atoms. The standard InChI is InChI=1S/C11H20N2O2/c1-2-5-11(6-3-7-12-11)10(14)13-8-4-9-15-13/h12H,2-9H2,1H3. The van der Waals surface area contributed by atoms with E-state index in [1.807, 2.05) is 0 Å². The Balaban J connectivity index is 2.06. The average Bonchev–Trinajstić information content (AvgIpc) is 2.88. The van der Waals surface area contributed by atoms with Gasteiger partial charge in [-0.3, -0.25) is 9.63 Å². The molecule has 2 saturated heterocycles. The maximum Gasteiger partial charge on any atom is 0.266 e. The molecule has 1 amide bonds. The molecule has 2 heterocycles. The molecule has 1 atom stereocenters. The van der Waals surface area contributed by atoms with Crippen molar-refractivity contribution in [2.75, 3.05) is 19.7 Å². The van der Waals surface area contributed by atoms with Crippen LogP contribution in [0.15, 0.2) is 0 Å². The predicted octanol–water partition coefficient (Wildman–Crippen LogP) is 1.07. The molecule has 2 aliphatic rings. The third-order valence-corrected chi connectivity index (χ3v) is 3.31. The zero-order valence-corrected chi connectivity index (χ0v) is 9.42. The second-order valence-corrected chi connectivity index (χ2v) is 4.46. The van der Waals surface area contributed by atoms with Gasteiger partial charge in [-0.05, 0) is 32.2 Å². The van der Waals surface area contributed by atoms with Crippen LogP contribution < -0.4 is 5.32 Å². The first-order valence-corrected chi connectivity index (χ1v) is 5.98. The van der Waals surface area contributed by atoms with Gasteiger partial charge >= 0.3 is 0 Å². The highest BCUT2D eigenvalue weighted by atomic mass is 16.7. The molecule has 4 nitrogen and oxygen atoms in total. The number of carbonyl (C=O) groups excluding carboxylic acids is 1. The molecular weight excluding hydrogens is 192 g/mol. The molecule has 1 N–H and O–H groups in total. The van der Waals surface area contributed by atoms with Crippen LogP contribution >= 0.6 is 0 Å². The van der Waals surface area contributed by atoms with Crippen LogP contribution in [0.2, 0.25) is 0 Å². The minimum atomic E-state index is -0.320. The predicted molar refractivity (Wildman–Crippen MR) is 57.2 cm³/mol. The van der Waals surface area contributed by atoms with Crippen LogP contribution in [0.4, 0.5) is 0 Å². The number of hydrogen-bond acceptors (Lipinski definition) is 3. The normalized spacial score (nSPS) is 31.1. The van der Waals surface area contributed by atoms with Gasteiger partial charge in [0, 0.05) is 0 Å². The molecule has 0 aromatic rings. The molecular formula is C11H20N2O2. The Kier molecular flexibility index (Phi) is 3.26. The molecule has 0 radical (unpaired) electrons. The summed E-state index contributed by atoms with van der Waals surface area (Å²) in [5.74, 6) is 0.152. The molecule has 2 fully saturated rings. The topological polar surface area (TPSA) is 41.6 Å². The van der Waals surface area contributed by atoms with Gasteiger partial charge in [-0.2, -0.15) is 0 Å². The number of hydrogen-bond donors (Lipinski definition) is 1. The van der Waals surface area contributed by atoms with Gasteiger partial charge in [-0.25, -0.2) is 5.06 Å². The highest BCUT2D eigenvalue weighted by Crippen LogP contribution is 2.28. The van der Waals surface area contributed by atoms with E-state index in [0.717, 1.165) is 45.2 Å². The lowest BCUT2D eigenvalue weighted by atomic mass is 9.91. The van der Waals surface area contributed by atoms with Gasteiger partial charge in [0.25, 0.3) is 5.91 Å². The number of carbonyl (C=O) groups is 1. The number of nitrogens with zero attached hydrogens (tertiary/aromatic N) is 1. The zero-order valence-electron chi connectivity index (χ0n) is 9.42. The van der Waals surface area contributed by atoms with E-state index in [2.05, 4.69) is 12.2 Å². The summed E-state index contributed by atoms with van der Waals surface area (Å²) in [7, 11) is 0. The largest absolute Gasteiger partial charge is 0.303 e. The third kappa shape index (κ3) is 2.01. The van der Waals surface area contributed by atoms with E-state index in [1.54, 1.807) is 5.06 Å².